The molecule has 3 atom stereocenters. The topological polar surface area (TPSA) is 41.1 Å². The van der Waals surface area contributed by atoms with Crippen LogP contribution in [0.25, 0.3) is 0 Å². The average molecular weight is 224 g/mol. The Hall–Kier alpha value is -0.570. The third kappa shape index (κ3) is 3.21. The summed E-state index contributed by atoms with van der Waals surface area (Å²) in [6, 6.07) is 1.05. The number of amides is 1. The molecule has 2 N–H and O–H groups in total. The first kappa shape index (κ1) is 11.9. The molecule has 0 spiro atoms. The summed E-state index contributed by atoms with van der Waals surface area (Å²) in [4.78, 5) is 11.5. The third-order valence-corrected chi connectivity index (χ3v) is 4.04. The second-order valence-electron chi connectivity index (χ2n) is 5.43. The van der Waals surface area contributed by atoms with Crippen LogP contribution in [0.5, 0.6) is 0 Å². The zero-order valence-electron chi connectivity index (χ0n) is 10.3. The lowest BCUT2D eigenvalue weighted by atomic mass is 9.85. The standard InChI is InChI=1S/C13H24N2O/c1-10-5-2-3-7-12(10)15-11-6-4-8-14-13(16)9-11/h10-12,15H,2-9H2,1H3,(H,14,16). The number of carbonyl (C=O) groups is 1. The summed E-state index contributed by atoms with van der Waals surface area (Å²) in [5.74, 6) is 0.999. The highest BCUT2D eigenvalue weighted by atomic mass is 16.1. The van der Waals surface area contributed by atoms with Crippen LogP contribution in [-0.4, -0.2) is 24.5 Å². The van der Waals surface area contributed by atoms with E-state index in [1.807, 2.05) is 0 Å². The Kier molecular flexibility index (Phi) is 4.22. The number of nitrogens with one attached hydrogen (secondary N) is 2. The van der Waals surface area contributed by atoms with E-state index in [9.17, 15) is 4.79 Å². The third-order valence-electron chi connectivity index (χ3n) is 4.04. The number of hydrogen-bond acceptors (Lipinski definition) is 2. The molecule has 0 bridgehead atoms. The van der Waals surface area contributed by atoms with Gasteiger partial charge in [0.05, 0.1) is 0 Å². The van der Waals surface area contributed by atoms with Gasteiger partial charge in [-0.3, -0.25) is 4.79 Å². The van der Waals surface area contributed by atoms with E-state index in [-0.39, 0.29) is 5.91 Å². The molecule has 0 aromatic rings. The van der Waals surface area contributed by atoms with E-state index < -0.39 is 0 Å². The molecule has 0 radical (unpaired) electrons. The minimum atomic E-state index is 0.221. The monoisotopic (exact) mass is 224 g/mol. The van der Waals surface area contributed by atoms with Crippen LogP contribution in [0.2, 0.25) is 0 Å². The Morgan fingerprint density at radius 2 is 2.00 bits per heavy atom. The first-order chi connectivity index (χ1) is 7.75. The van der Waals surface area contributed by atoms with Gasteiger partial charge in [-0.1, -0.05) is 19.8 Å². The molecule has 92 valence electrons. The first-order valence-corrected chi connectivity index (χ1v) is 6.78. The quantitative estimate of drug-likeness (QED) is 0.751. The lowest BCUT2D eigenvalue weighted by Crippen LogP contribution is -2.44. The Bertz CT molecular complexity index is 242. The van der Waals surface area contributed by atoms with E-state index in [0.29, 0.717) is 18.5 Å². The molecule has 0 aromatic heterocycles. The van der Waals surface area contributed by atoms with Crippen molar-refractivity contribution in [2.75, 3.05) is 6.54 Å². The molecule has 1 saturated carbocycles. The van der Waals surface area contributed by atoms with Crippen molar-refractivity contribution in [1.82, 2.24) is 10.6 Å². The number of hydrogen-bond donors (Lipinski definition) is 2. The van der Waals surface area contributed by atoms with Crippen LogP contribution in [0.15, 0.2) is 0 Å². The van der Waals surface area contributed by atoms with E-state index in [1.54, 1.807) is 0 Å². The van der Waals surface area contributed by atoms with E-state index in [4.69, 9.17) is 0 Å². The molecular formula is C13H24N2O. The maximum atomic E-state index is 11.5. The lowest BCUT2D eigenvalue weighted by Gasteiger charge is -2.32. The van der Waals surface area contributed by atoms with Crippen LogP contribution in [0, 0.1) is 5.92 Å². The van der Waals surface area contributed by atoms with Crippen LogP contribution in [-0.2, 0) is 4.79 Å². The van der Waals surface area contributed by atoms with Gasteiger partial charge in [-0.05, 0) is 31.6 Å². The van der Waals surface area contributed by atoms with Crippen LogP contribution in [0.3, 0.4) is 0 Å². The number of rotatable bonds is 2. The van der Waals surface area contributed by atoms with Crippen molar-refractivity contribution >= 4 is 5.91 Å². The molecule has 3 nitrogen and oxygen atoms in total. The molecule has 2 rings (SSSR count). The Morgan fingerprint density at radius 3 is 2.81 bits per heavy atom. The summed E-state index contributed by atoms with van der Waals surface area (Å²) < 4.78 is 0. The Labute approximate surface area is 98.4 Å². The van der Waals surface area contributed by atoms with Crippen molar-refractivity contribution in [3.8, 4) is 0 Å². The fourth-order valence-corrected chi connectivity index (χ4v) is 2.98. The molecule has 2 fully saturated rings. The highest BCUT2D eigenvalue weighted by Crippen LogP contribution is 2.25. The molecular weight excluding hydrogens is 200 g/mol. The lowest BCUT2D eigenvalue weighted by molar-refractivity contribution is -0.121. The molecule has 1 saturated heterocycles. The molecule has 16 heavy (non-hydrogen) atoms. The fraction of sp³-hybridized carbons (Fsp3) is 0.923. The maximum Gasteiger partial charge on any atom is 0.221 e. The normalized spacial score (nSPS) is 36.6. The summed E-state index contributed by atoms with van der Waals surface area (Å²) in [5, 5.41) is 6.66. The van der Waals surface area contributed by atoms with Crippen molar-refractivity contribution in [1.29, 1.82) is 0 Å². The van der Waals surface area contributed by atoms with Gasteiger partial charge in [0.2, 0.25) is 5.91 Å². The van der Waals surface area contributed by atoms with Gasteiger partial charge in [0.25, 0.3) is 0 Å². The van der Waals surface area contributed by atoms with Gasteiger partial charge in [0.15, 0.2) is 0 Å². The summed E-state index contributed by atoms with van der Waals surface area (Å²) in [6.45, 7) is 3.20. The van der Waals surface area contributed by atoms with Gasteiger partial charge in [-0.2, -0.15) is 0 Å². The molecule has 0 aromatic carbocycles. The molecule has 3 unspecified atom stereocenters. The van der Waals surface area contributed by atoms with E-state index >= 15 is 0 Å². The molecule has 1 aliphatic carbocycles. The second kappa shape index (κ2) is 5.67. The van der Waals surface area contributed by atoms with Gasteiger partial charge in [-0.15, -0.1) is 0 Å². The molecule has 1 aliphatic heterocycles. The largest absolute Gasteiger partial charge is 0.356 e. The van der Waals surface area contributed by atoms with Crippen LogP contribution in [0.4, 0.5) is 0 Å². The van der Waals surface area contributed by atoms with Gasteiger partial charge in [-0.25, -0.2) is 0 Å². The Balaban J connectivity index is 1.84. The van der Waals surface area contributed by atoms with E-state index in [2.05, 4.69) is 17.6 Å². The van der Waals surface area contributed by atoms with Gasteiger partial charge < -0.3 is 10.6 Å². The van der Waals surface area contributed by atoms with Crippen molar-refractivity contribution in [3.05, 3.63) is 0 Å². The maximum absolute atomic E-state index is 11.5. The molecule has 1 heterocycles. The van der Waals surface area contributed by atoms with Crippen LogP contribution in [0.1, 0.15) is 51.9 Å². The summed E-state index contributed by atoms with van der Waals surface area (Å²) in [7, 11) is 0. The van der Waals surface area contributed by atoms with E-state index in [0.717, 1.165) is 25.3 Å². The zero-order valence-corrected chi connectivity index (χ0v) is 10.3. The van der Waals surface area contributed by atoms with Crippen molar-refractivity contribution in [3.63, 3.8) is 0 Å². The number of carbonyl (C=O) groups excluding carboxylic acids is 1. The molecule has 1 amide bonds. The van der Waals surface area contributed by atoms with Gasteiger partial charge in [0.1, 0.15) is 0 Å². The van der Waals surface area contributed by atoms with Crippen LogP contribution >= 0.6 is 0 Å². The SMILES string of the molecule is CC1CCCCC1NC1CCCNC(=O)C1. The smallest absolute Gasteiger partial charge is 0.221 e. The molecule has 3 heteroatoms. The van der Waals surface area contributed by atoms with Gasteiger partial charge in [0, 0.05) is 25.0 Å². The summed E-state index contributed by atoms with van der Waals surface area (Å²) >= 11 is 0. The minimum Gasteiger partial charge on any atom is -0.356 e. The predicted octanol–water partition coefficient (Wildman–Crippen LogP) is 1.82. The van der Waals surface area contributed by atoms with Crippen molar-refractivity contribution in [2.45, 2.75) is 64.0 Å². The second-order valence-corrected chi connectivity index (χ2v) is 5.43. The average Bonchev–Trinajstić information content (AvgIpc) is 2.46. The summed E-state index contributed by atoms with van der Waals surface area (Å²) in [5.41, 5.74) is 0. The minimum absolute atomic E-state index is 0.221. The van der Waals surface area contributed by atoms with Gasteiger partial charge >= 0.3 is 0 Å². The fourth-order valence-electron chi connectivity index (χ4n) is 2.98. The Morgan fingerprint density at radius 1 is 1.19 bits per heavy atom. The zero-order chi connectivity index (χ0) is 11.4. The summed E-state index contributed by atoms with van der Waals surface area (Å²) in [6.07, 6.45) is 8.29. The van der Waals surface area contributed by atoms with Crippen molar-refractivity contribution < 1.29 is 4.79 Å². The van der Waals surface area contributed by atoms with Crippen molar-refractivity contribution in [2.24, 2.45) is 5.92 Å². The van der Waals surface area contributed by atoms with Crippen LogP contribution < -0.4 is 10.6 Å². The highest BCUT2D eigenvalue weighted by molar-refractivity contribution is 5.76. The highest BCUT2D eigenvalue weighted by Gasteiger charge is 2.25. The molecule has 2 aliphatic rings. The first-order valence-electron chi connectivity index (χ1n) is 6.78. The van der Waals surface area contributed by atoms with E-state index in [1.165, 1.54) is 25.7 Å². The predicted molar refractivity (Wildman–Crippen MR) is 65.2 cm³/mol.